The van der Waals surface area contributed by atoms with Gasteiger partial charge in [-0.25, -0.2) is 0 Å². The molecule has 16 heavy (non-hydrogen) atoms. The molecule has 0 aromatic heterocycles. The van der Waals surface area contributed by atoms with Gasteiger partial charge in [0.15, 0.2) is 5.17 Å². The fourth-order valence-electron chi connectivity index (χ4n) is 2.40. The zero-order chi connectivity index (χ0) is 11.6. The predicted octanol–water partition coefficient (Wildman–Crippen LogP) is 3.43. The van der Waals surface area contributed by atoms with Crippen molar-refractivity contribution in [3.8, 4) is 0 Å². The molecule has 0 unspecified atom stereocenters. The monoisotopic (exact) mass is 240 g/mol. The number of hydrogen-bond donors (Lipinski definition) is 1. The summed E-state index contributed by atoms with van der Waals surface area (Å²) < 4.78 is 0. The highest BCUT2D eigenvalue weighted by Crippen LogP contribution is 2.36. The Labute approximate surface area is 104 Å². The molecule has 2 aliphatic rings. The molecule has 1 heterocycles. The molecule has 2 rings (SSSR count). The Kier molecular flexibility index (Phi) is 3.53. The molecule has 1 saturated heterocycles. The molecule has 2 nitrogen and oxygen atoms in total. The van der Waals surface area contributed by atoms with Crippen molar-refractivity contribution < 1.29 is 0 Å². The molecule has 1 saturated carbocycles. The molecule has 0 bridgehead atoms. The number of aliphatic imine (C=N–C) groups is 1. The van der Waals surface area contributed by atoms with E-state index in [1.807, 2.05) is 11.8 Å². The van der Waals surface area contributed by atoms with Crippen molar-refractivity contribution in [2.24, 2.45) is 10.4 Å². The number of thioether (sulfide) groups is 1. The lowest BCUT2D eigenvalue weighted by atomic mass is 9.83. The lowest BCUT2D eigenvalue weighted by molar-refractivity contribution is 0.303. The summed E-state index contributed by atoms with van der Waals surface area (Å²) in [5, 5.41) is 4.88. The van der Waals surface area contributed by atoms with Crippen molar-refractivity contribution in [1.82, 2.24) is 5.32 Å². The predicted molar refractivity (Wildman–Crippen MR) is 73.2 cm³/mol. The summed E-state index contributed by atoms with van der Waals surface area (Å²) >= 11 is 1.93. The van der Waals surface area contributed by atoms with Crippen LogP contribution >= 0.6 is 11.8 Å². The topological polar surface area (TPSA) is 24.4 Å². The normalized spacial score (nSPS) is 27.3. The third-order valence-corrected chi connectivity index (χ3v) is 4.57. The average Bonchev–Trinajstić information content (AvgIpc) is 2.59. The van der Waals surface area contributed by atoms with Crippen molar-refractivity contribution in [2.75, 3.05) is 12.3 Å². The Morgan fingerprint density at radius 2 is 1.94 bits per heavy atom. The maximum Gasteiger partial charge on any atom is 0.157 e. The van der Waals surface area contributed by atoms with Gasteiger partial charge < -0.3 is 5.32 Å². The Balaban J connectivity index is 1.92. The summed E-state index contributed by atoms with van der Waals surface area (Å²) in [7, 11) is 0. The first-order chi connectivity index (χ1) is 7.49. The van der Waals surface area contributed by atoms with E-state index in [-0.39, 0.29) is 0 Å². The Hall–Kier alpha value is -0.180. The molecule has 1 N–H and O–H groups in total. The third kappa shape index (κ3) is 3.16. The van der Waals surface area contributed by atoms with E-state index in [9.17, 15) is 0 Å². The highest BCUT2D eigenvalue weighted by molar-refractivity contribution is 8.14. The molecule has 0 atom stereocenters. The summed E-state index contributed by atoms with van der Waals surface area (Å²) in [4.78, 5) is 4.71. The van der Waals surface area contributed by atoms with Gasteiger partial charge in [-0.2, -0.15) is 0 Å². The number of nitrogens with one attached hydrogen (secondary N) is 1. The number of hydrogen-bond acceptors (Lipinski definition) is 2. The fourth-order valence-corrected chi connectivity index (χ4v) is 3.62. The smallest absolute Gasteiger partial charge is 0.157 e. The van der Waals surface area contributed by atoms with Gasteiger partial charge in [0.05, 0.1) is 0 Å². The summed E-state index contributed by atoms with van der Waals surface area (Å²) in [6, 6.07) is 0. The average molecular weight is 240 g/mol. The summed E-state index contributed by atoms with van der Waals surface area (Å²) in [5.74, 6) is 1.23. The second-order valence-electron chi connectivity index (χ2n) is 6.44. The van der Waals surface area contributed by atoms with Crippen molar-refractivity contribution in [1.29, 1.82) is 0 Å². The molecule has 0 aromatic rings. The highest BCUT2D eigenvalue weighted by atomic mass is 32.2. The first-order valence-corrected chi connectivity index (χ1v) is 7.43. The number of rotatable bonds is 1. The quantitative estimate of drug-likeness (QED) is 0.759. The molecule has 0 aromatic carbocycles. The van der Waals surface area contributed by atoms with E-state index in [1.165, 1.54) is 43.0 Å². The zero-order valence-corrected chi connectivity index (χ0v) is 11.6. The minimum Gasteiger partial charge on any atom is -0.359 e. The molecule has 1 aliphatic heterocycles. The van der Waals surface area contributed by atoms with Gasteiger partial charge >= 0.3 is 0 Å². The molecule has 1 spiro atoms. The van der Waals surface area contributed by atoms with E-state index in [0.717, 1.165) is 6.54 Å². The van der Waals surface area contributed by atoms with Gasteiger partial charge in [-0.15, -0.1) is 0 Å². The van der Waals surface area contributed by atoms with Crippen LogP contribution in [0.2, 0.25) is 0 Å². The Bertz CT molecular complexity index is 272. The minimum atomic E-state index is 0.303. The van der Waals surface area contributed by atoms with Crippen molar-refractivity contribution in [2.45, 2.75) is 58.4 Å². The van der Waals surface area contributed by atoms with Gasteiger partial charge in [-0.05, 0) is 18.3 Å². The van der Waals surface area contributed by atoms with Gasteiger partial charge in [0.2, 0.25) is 0 Å². The Morgan fingerprint density at radius 3 is 2.56 bits per heavy atom. The van der Waals surface area contributed by atoms with Gasteiger partial charge in [-0.3, -0.25) is 4.99 Å². The maximum absolute atomic E-state index is 4.71. The molecule has 0 amide bonds. The molecule has 3 heteroatoms. The van der Waals surface area contributed by atoms with Crippen molar-refractivity contribution in [3.63, 3.8) is 0 Å². The van der Waals surface area contributed by atoms with E-state index in [0.29, 0.717) is 11.0 Å². The highest BCUT2D eigenvalue weighted by Gasteiger charge is 2.38. The molecule has 0 radical (unpaired) electrons. The zero-order valence-electron chi connectivity index (χ0n) is 10.8. The Morgan fingerprint density at radius 1 is 1.25 bits per heavy atom. The van der Waals surface area contributed by atoms with Gasteiger partial charge in [-0.1, -0.05) is 51.8 Å². The largest absolute Gasteiger partial charge is 0.359 e. The molecular weight excluding hydrogens is 216 g/mol. The fraction of sp³-hybridized carbons (Fsp3) is 0.923. The van der Waals surface area contributed by atoms with Crippen molar-refractivity contribution >= 4 is 16.9 Å². The van der Waals surface area contributed by atoms with E-state index < -0.39 is 0 Å². The second kappa shape index (κ2) is 4.59. The van der Waals surface area contributed by atoms with E-state index in [1.54, 1.807) is 0 Å². The lowest BCUT2D eigenvalue weighted by Crippen LogP contribution is -2.45. The first-order valence-electron chi connectivity index (χ1n) is 6.45. The summed E-state index contributed by atoms with van der Waals surface area (Å²) in [5.41, 5.74) is 0.706. The molecule has 92 valence electrons. The SMILES string of the molecule is CC(C)(C)CN=C1NC2(CCCCC2)CS1. The maximum atomic E-state index is 4.71. The molecule has 1 aliphatic carbocycles. The number of nitrogens with zero attached hydrogens (tertiary/aromatic N) is 1. The third-order valence-electron chi connectivity index (χ3n) is 3.36. The first kappa shape index (κ1) is 12.3. The molecule has 2 fully saturated rings. The van der Waals surface area contributed by atoms with E-state index >= 15 is 0 Å². The van der Waals surface area contributed by atoms with Crippen LogP contribution < -0.4 is 5.32 Å². The van der Waals surface area contributed by atoms with Crippen molar-refractivity contribution in [3.05, 3.63) is 0 Å². The van der Waals surface area contributed by atoms with Crippen LogP contribution in [0, 0.1) is 5.41 Å². The van der Waals surface area contributed by atoms with Gasteiger partial charge in [0.25, 0.3) is 0 Å². The van der Waals surface area contributed by atoms with E-state index in [4.69, 9.17) is 4.99 Å². The van der Waals surface area contributed by atoms with Crippen LogP contribution in [0.4, 0.5) is 0 Å². The van der Waals surface area contributed by atoms with Crippen LogP contribution in [0.25, 0.3) is 0 Å². The lowest BCUT2D eigenvalue weighted by Gasteiger charge is -2.32. The van der Waals surface area contributed by atoms with Crippen LogP contribution in [-0.2, 0) is 0 Å². The van der Waals surface area contributed by atoms with E-state index in [2.05, 4.69) is 26.1 Å². The van der Waals surface area contributed by atoms with Crippen LogP contribution in [0.15, 0.2) is 4.99 Å². The summed E-state index contributed by atoms with van der Waals surface area (Å²) in [6.45, 7) is 7.66. The van der Waals surface area contributed by atoms with Crippen LogP contribution in [-0.4, -0.2) is 23.0 Å². The second-order valence-corrected chi connectivity index (χ2v) is 7.40. The van der Waals surface area contributed by atoms with Crippen LogP contribution in [0.5, 0.6) is 0 Å². The van der Waals surface area contributed by atoms with Crippen LogP contribution in [0.3, 0.4) is 0 Å². The van der Waals surface area contributed by atoms with Gasteiger partial charge in [0, 0.05) is 17.8 Å². The standard InChI is InChI=1S/C13H24N2S/c1-12(2,3)9-14-11-15-13(10-16-11)7-5-4-6-8-13/h4-10H2,1-3H3,(H,14,15). The van der Waals surface area contributed by atoms with Crippen LogP contribution in [0.1, 0.15) is 52.9 Å². The number of amidine groups is 1. The van der Waals surface area contributed by atoms with Gasteiger partial charge in [0.1, 0.15) is 0 Å². The molecular formula is C13H24N2S. The minimum absolute atomic E-state index is 0.303. The summed E-state index contributed by atoms with van der Waals surface area (Å²) in [6.07, 6.45) is 6.88.